The highest BCUT2D eigenvalue weighted by molar-refractivity contribution is 5.92. The van der Waals surface area contributed by atoms with Crippen LogP contribution in [0.5, 0.6) is 0 Å². The number of H-pyrrole nitrogens is 1. The lowest BCUT2D eigenvalue weighted by atomic mass is 9.93. The van der Waals surface area contributed by atoms with Crippen molar-refractivity contribution in [1.29, 1.82) is 0 Å². The number of rotatable bonds is 5. The lowest BCUT2D eigenvalue weighted by Gasteiger charge is -2.31. The second-order valence-corrected chi connectivity index (χ2v) is 3.73. The van der Waals surface area contributed by atoms with Crippen molar-refractivity contribution in [1.82, 2.24) is 10.3 Å². The van der Waals surface area contributed by atoms with Gasteiger partial charge in [-0.1, -0.05) is 13.8 Å². The van der Waals surface area contributed by atoms with Crippen molar-refractivity contribution in [3.63, 3.8) is 0 Å². The van der Waals surface area contributed by atoms with E-state index < -0.39 is 0 Å². The Bertz CT molecular complexity index is 299. The summed E-state index contributed by atoms with van der Waals surface area (Å²) in [7, 11) is 0. The van der Waals surface area contributed by atoms with Crippen LogP contribution >= 0.6 is 12.4 Å². The van der Waals surface area contributed by atoms with Crippen molar-refractivity contribution < 1.29 is 4.79 Å². The summed E-state index contributed by atoms with van der Waals surface area (Å²) in [4.78, 5) is 14.7. The Morgan fingerprint density at radius 3 is 2.50 bits per heavy atom. The first kappa shape index (κ1) is 15.0. The van der Waals surface area contributed by atoms with Gasteiger partial charge in [0.05, 0.1) is 5.54 Å². The number of hydrogen-bond acceptors (Lipinski definition) is 2. The van der Waals surface area contributed by atoms with Gasteiger partial charge < -0.3 is 16.0 Å². The van der Waals surface area contributed by atoms with Crippen LogP contribution in [0.25, 0.3) is 0 Å². The summed E-state index contributed by atoms with van der Waals surface area (Å²) in [5, 5.41) is 2.99. The molecule has 0 bridgehead atoms. The lowest BCUT2D eigenvalue weighted by Crippen LogP contribution is -2.52. The van der Waals surface area contributed by atoms with Gasteiger partial charge in [0.1, 0.15) is 5.69 Å². The predicted molar refractivity (Wildman–Crippen MR) is 67.9 cm³/mol. The predicted octanol–water partition coefficient (Wildman–Crippen LogP) is 1.68. The minimum atomic E-state index is -0.276. The van der Waals surface area contributed by atoms with Crippen LogP contribution in [-0.2, 0) is 0 Å². The van der Waals surface area contributed by atoms with Crippen molar-refractivity contribution in [3.05, 3.63) is 24.0 Å². The number of aromatic nitrogens is 1. The average molecular weight is 246 g/mol. The molecule has 1 heterocycles. The highest BCUT2D eigenvalue weighted by Gasteiger charge is 2.26. The molecule has 5 heteroatoms. The molecular formula is C11H20ClN3O. The maximum absolute atomic E-state index is 11.8. The normalized spacial score (nSPS) is 10.7. The third-order valence-corrected chi connectivity index (χ3v) is 2.97. The highest BCUT2D eigenvalue weighted by Crippen LogP contribution is 2.13. The SMILES string of the molecule is CCC(CC)(CN)NC(=O)c1ccc[nH]1.Cl. The van der Waals surface area contributed by atoms with E-state index in [1.54, 1.807) is 18.3 Å². The minimum absolute atomic E-state index is 0. The fourth-order valence-corrected chi connectivity index (χ4v) is 1.55. The number of hydrogen-bond donors (Lipinski definition) is 3. The van der Waals surface area contributed by atoms with E-state index in [9.17, 15) is 4.79 Å². The quantitative estimate of drug-likeness (QED) is 0.739. The molecule has 0 aliphatic rings. The molecule has 0 fully saturated rings. The number of halogens is 1. The first-order valence-electron chi connectivity index (χ1n) is 5.33. The Balaban J connectivity index is 0.00000225. The highest BCUT2D eigenvalue weighted by atomic mass is 35.5. The number of amides is 1. The van der Waals surface area contributed by atoms with Gasteiger partial charge in [0.2, 0.25) is 0 Å². The topological polar surface area (TPSA) is 70.9 Å². The van der Waals surface area contributed by atoms with E-state index in [0.717, 1.165) is 12.8 Å². The molecule has 16 heavy (non-hydrogen) atoms. The molecule has 1 amide bonds. The standard InChI is InChI=1S/C11H19N3O.ClH/c1-3-11(4-2,8-12)14-10(15)9-6-5-7-13-9;/h5-7,13H,3-4,8,12H2,1-2H3,(H,14,15);1H. The van der Waals surface area contributed by atoms with Crippen molar-refractivity contribution >= 4 is 18.3 Å². The zero-order valence-electron chi connectivity index (χ0n) is 9.75. The zero-order valence-corrected chi connectivity index (χ0v) is 10.6. The van der Waals surface area contributed by atoms with E-state index in [4.69, 9.17) is 5.73 Å². The third-order valence-electron chi connectivity index (χ3n) is 2.97. The first-order chi connectivity index (χ1) is 7.17. The van der Waals surface area contributed by atoms with E-state index in [2.05, 4.69) is 10.3 Å². The summed E-state index contributed by atoms with van der Waals surface area (Å²) >= 11 is 0. The van der Waals surface area contributed by atoms with E-state index in [1.165, 1.54) is 0 Å². The van der Waals surface area contributed by atoms with Gasteiger partial charge in [-0.3, -0.25) is 4.79 Å². The van der Waals surface area contributed by atoms with Crippen LogP contribution in [0.1, 0.15) is 37.2 Å². The van der Waals surface area contributed by atoms with Crippen LogP contribution in [0.15, 0.2) is 18.3 Å². The molecular weight excluding hydrogens is 226 g/mol. The number of aromatic amines is 1. The molecule has 0 radical (unpaired) electrons. The fraction of sp³-hybridized carbons (Fsp3) is 0.545. The summed E-state index contributed by atoms with van der Waals surface area (Å²) < 4.78 is 0. The van der Waals surface area contributed by atoms with Gasteiger partial charge in [-0.15, -0.1) is 12.4 Å². The maximum Gasteiger partial charge on any atom is 0.268 e. The maximum atomic E-state index is 11.8. The average Bonchev–Trinajstić information content (AvgIpc) is 2.79. The molecule has 0 unspecified atom stereocenters. The van der Waals surface area contributed by atoms with Gasteiger partial charge in [0.25, 0.3) is 5.91 Å². The lowest BCUT2D eigenvalue weighted by molar-refractivity contribution is 0.0890. The van der Waals surface area contributed by atoms with Gasteiger partial charge in [0.15, 0.2) is 0 Å². The van der Waals surface area contributed by atoms with Crippen molar-refractivity contribution in [3.8, 4) is 0 Å². The second-order valence-electron chi connectivity index (χ2n) is 3.73. The third kappa shape index (κ3) is 3.25. The van der Waals surface area contributed by atoms with Crippen molar-refractivity contribution in [2.75, 3.05) is 6.54 Å². The summed E-state index contributed by atoms with van der Waals surface area (Å²) in [5.74, 6) is -0.0887. The number of carbonyl (C=O) groups excluding carboxylic acids is 1. The molecule has 4 nitrogen and oxygen atoms in total. The summed E-state index contributed by atoms with van der Waals surface area (Å²) in [6, 6.07) is 3.55. The first-order valence-corrected chi connectivity index (χ1v) is 5.33. The van der Waals surface area contributed by atoms with Crippen LogP contribution in [-0.4, -0.2) is 23.0 Å². The molecule has 0 aromatic carbocycles. The van der Waals surface area contributed by atoms with Crippen LogP contribution in [0, 0.1) is 0 Å². The summed E-state index contributed by atoms with van der Waals surface area (Å²) in [5.41, 5.74) is 6.01. The monoisotopic (exact) mass is 245 g/mol. The molecule has 1 rings (SSSR count). The Morgan fingerprint density at radius 2 is 2.12 bits per heavy atom. The molecule has 0 saturated heterocycles. The molecule has 1 aromatic heterocycles. The van der Waals surface area contributed by atoms with Gasteiger partial charge in [-0.2, -0.15) is 0 Å². The van der Waals surface area contributed by atoms with Crippen LogP contribution < -0.4 is 11.1 Å². The molecule has 4 N–H and O–H groups in total. The largest absolute Gasteiger partial charge is 0.357 e. The van der Waals surface area contributed by atoms with Crippen LogP contribution in [0.3, 0.4) is 0 Å². The zero-order chi connectivity index (χ0) is 11.3. The summed E-state index contributed by atoms with van der Waals surface area (Å²) in [6.07, 6.45) is 3.41. The molecule has 92 valence electrons. The number of nitrogens with two attached hydrogens (primary N) is 1. The summed E-state index contributed by atoms with van der Waals surface area (Å²) in [6.45, 7) is 4.53. The van der Waals surface area contributed by atoms with Gasteiger partial charge >= 0.3 is 0 Å². The molecule has 0 saturated carbocycles. The van der Waals surface area contributed by atoms with E-state index >= 15 is 0 Å². The Labute approximate surface area is 102 Å². The van der Waals surface area contributed by atoms with Gasteiger partial charge in [0, 0.05) is 12.7 Å². The molecule has 1 aromatic rings. The Hall–Kier alpha value is -1.00. The molecule has 0 spiro atoms. The van der Waals surface area contributed by atoms with Gasteiger partial charge in [-0.25, -0.2) is 0 Å². The van der Waals surface area contributed by atoms with Crippen LogP contribution in [0.2, 0.25) is 0 Å². The van der Waals surface area contributed by atoms with Crippen molar-refractivity contribution in [2.24, 2.45) is 5.73 Å². The van der Waals surface area contributed by atoms with E-state index in [0.29, 0.717) is 12.2 Å². The Morgan fingerprint density at radius 1 is 1.50 bits per heavy atom. The molecule has 0 atom stereocenters. The number of nitrogens with one attached hydrogen (secondary N) is 2. The Kier molecular flexibility index (Phi) is 6.14. The van der Waals surface area contributed by atoms with Crippen molar-refractivity contribution in [2.45, 2.75) is 32.2 Å². The number of carbonyl (C=O) groups is 1. The van der Waals surface area contributed by atoms with E-state index in [1.807, 2.05) is 13.8 Å². The second kappa shape index (κ2) is 6.55. The molecule has 0 aliphatic heterocycles. The van der Waals surface area contributed by atoms with Gasteiger partial charge in [-0.05, 0) is 25.0 Å². The van der Waals surface area contributed by atoms with E-state index in [-0.39, 0.29) is 23.9 Å². The van der Waals surface area contributed by atoms with Crippen LogP contribution in [0.4, 0.5) is 0 Å². The minimum Gasteiger partial charge on any atom is -0.357 e. The molecule has 0 aliphatic carbocycles. The fourth-order valence-electron chi connectivity index (χ4n) is 1.55. The smallest absolute Gasteiger partial charge is 0.268 e.